The highest BCUT2D eigenvalue weighted by atomic mass is 16.2. The van der Waals surface area contributed by atoms with Crippen LogP contribution in [0, 0.1) is 0 Å². The Bertz CT molecular complexity index is 929. The van der Waals surface area contributed by atoms with Gasteiger partial charge in [0, 0.05) is 24.6 Å². The maximum atomic E-state index is 12.6. The van der Waals surface area contributed by atoms with Crippen LogP contribution in [0.25, 0.3) is 22.5 Å². The lowest BCUT2D eigenvalue weighted by molar-refractivity contribution is -0.118. The highest BCUT2D eigenvalue weighted by Crippen LogP contribution is 2.40. The van der Waals surface area contributed by atoms with Crippen LogP contribution in [0.1, 0.15) is 18.9 Å². The van der Waals surface area contributed by atoms with Crippen molar-refractivity contribution in [2.45, 2.75) is 19.9 Å². The fourth-order valence-electron chi connectivity index (χ4n) is 3.31. The number of rotatable bonds is 1. The van der Waals surface area contributed by atoms with Crippen LogP contribution in [0.4, 0.5) is 5.69 Å². The van der Waals surface area contributed by atoms with Crippen LogP contribution in [-0.4, -0.2) is 20.9 Å². The van der Waals surface area contributed by atoms with E-state index in [1.54, 1.807) is 0 Å². The molecule has 0 unspecified atom stereocenters. The third kappa shape index (κ3) is 2.12. The van der Waals surface area contributed by atoms with E-state index in [1.165, 1.54) is 0 Å². The molecule has 1 aliphatic heterocycles. The van der Waals surface area contributed by atoms with Gasteiger partial charge in [0.2, 0.25) is 5.91 Å². The van der Waals surface area contributed by atoms with Gasteiger partial charge in [-0.3, -0.25) is 4.79 Å². The first kappa shape index (κ1) is 14.6. The summed E-state index contributed by atoms with van der Waals surface area (Å²) >= 11 is 0. The second-order valence-electron chi connectivity index (χ2n) is 5.92. The van der Waals surface area contributed by atoms with Gasteiger partial charge in [0.1, 0.15) is 5.69 Å². The Morgan fingerprint density at radius 2 is 1.79 bits per heavy atom. The molecule has 1 amide bonds. The monoisotopic (exact) mass is 318 g/mol. The minimum Gasteiger partial charge on any atom is -0.307 e. The van der Waals surface area contributed by atoms with Crippen molar-refractivity contribution in [2.24, 2.45) is 7.05 Å². The number of fused-ring (bicyclic) bond motifs is 5. The van der Waals surface area contributed by atoms with Crippen LogP contribution in [0.5, 0.6) is 0 Å². The average Bonchev–Trinajstić information content (AvgIpc) is 2.99. The number of para-hydroxylation sites is 1. The SMILES string of the molecule is CCC(=O)N1Cc2ccccc2-c2c(nnn2C)-c2ccccc21. The number of amides is 1. The molecule has 0 atom stereocenters. The molecule has 0 saturated carbocycles. The zero-order valence-corrected chi connectivity index (χ0v) is 13.7. The van der Waals surface area contributed by atoms with E-state index in [0.717, 1.165) is 33.8 Å². The maximum Gasteiger partial charge on any atom is 0.227 e. The quantitative estimate of drug-likeness (QED) is 0.691. The Morgan fingerprint density at radius 1 is 1.08 bits per heavy atom. The molecule has 2 heterocycles. The molecular weight excluding hydrogens is 300 g/mol. The van der Waals surface area contributed by atoms with Gasteiger partial charge in [0.15, 0.2) is 0 Å². The number of hydrogen-bond acceptors (Lipinski definition) is 3. The minimum atomic E-state index is 0.101. The average molecular weight is 318 g/mol. The molecule has 0 bridgehead atoms. The van der Waals surface area contributed by atoms with Crippen LogP contribution in [0.3, 0.4) is 0 Å². The molecule has 0 saturated heterocycles. The largest absolute Gasteiger partial charge is 0.307 e. The lowest BCUT2D eigenvalue weighted by Gasteiger charge is -2.28. The van der Waals surface area contributed by atoms with E-state index in [2.05, 4.69) is 22.4 Å². The Labute approximate surface area is 140 Å². The molecule has 0 N–H and O–H groups in total. The molecule has 2 aromatic carbocycles. The summed E-state index contributed by atoms with van der Waals surface area (Å²) < 4.78 is 1.81. The molecular formula is C19H18N4O. The molecule has 0 radical (unpaired) electrons. The summed E-state index contributed by atoms with van der Waals surface area (Å²) in [6.45, 7) is 2.44. The van der Waals surface area contributed by atoms with Crippen molar-refractivity contribution in [1.29, 1.82) is 0 Å². The summed E-state index contributed by atoms with van der Waals surface area (Å²) in [5, 5.41) is 8.63. The van der Waals surface area contributed by atoms with Crippen LogP contribution in [0.15, 0.2) is 48.5 Å². The highest BCUT2D eigenvalue weighted by Gasteiger charge is 2.27. The van der Waals surface area contributed by atoms with Gasteiger partial charge in [-0.25, -0.2) is 4.68 Å². The van der Waals surface area contributed by atoms with E-state index < -0.39 is 0 Å². The Balaban J connectivity index is 2.07. The molecule has 4 rings (SSSR count). The number of aryl methyl sites for hydroxylation is 1. The first-order valence-electron chi connectivity index (χ1n) is 8.08. The Hall–Kier alpha value is -2.95. The Kier molecular flexibility index (Phi) is 3.41. The first-order valence-corrected chi connectivity index (χ1v) is 8.08. The Morgan fingerprint density at radius 3 is 2.58 bits per heavy atom. The second-order valence-corrected chi connectivity index (χ2v) is 5.92. The number of anilines is 1. The number of aromatic nitrogens is 3. The molecule has 0 spiro atoms. The summed E-state index contributed by atoms with van der Waals surface area (Å²) in [5.41, 5.74) is 5.80. The molecule has 3 aromatic rings. The first-order chi connectivity index (χ1) is 11.7. The van der Waals surface area contributed by atoms with Gasteiger partial charge < -0.3 is 4.90 Å². The van der Waals surface area contributed by atoms with Crippen LogP contribution in [-0.2, 0) is 18.4 Å². The third-order valence-electron chi connectivity index (χ3n) is 4.48. The molecule has 5 nitrogen and oxygen atoms in total. The van der Waals surface area contributed by atoms with E-state index in [0.29, 0.717) is 13.0 Å². The van der Waals surface area contributed by atoms with E-state index >= 15 is 0 Å². The molecule has 0 fully saturated rings. The molecule has 5 heteroatoms. The molecule has 120 valence electrons. The normalized spacial score (nSPS) is 12.7. The van der Waals surface area contributed by atoms with Crippen molar-refractivity contribution in [3.05, 3.63) is 54.1 Å². The second kappa shape index (κ2) is 5.60. The topological polar surface area (TPSA) is 51.0 Å². The van der Waals surface area contributed by atoms with Gasteiger partial charge in [-0.1, -0.05) is 54.6 Å². The van der Waals surface area contributed by atoms with E-state index in [-0.39, 0.29) is 5.91 Å². The lowest BCUT2D eigenvalue weighted by Crippen LogP contribution is -2.31. The molecule has 1 aromatic heterocycles. The number of benzene rings is 2. The molecule has 1 aliphatic rings. The van der Waals surface area contributed by atoms with E-state index in [4.69, 9.17) is 0 Å². The lowest BCUT2D eigenvalue weighted by atomic mass is 9.95. The number of nitrogens with zero attached hydrogens (tertiary/aromatic N) is 4. The number of hydrogen-bond donors (Lipinski definition) is 0. The van der Waals surface area contributed by atoms with Gasteiger partial charge in [0.05, 0.1) is 17.9 Å². The number of carbonyl (C=O) groups excluding carboxylic acids is 1. The number of carbonyl (C=O) groups is 1. The van der Waals surface area contributed by atoms with Gasteiger partial charge in [-0.05, 0) is 11.6 Å². The van der Waals surface area contributed by atoms with E-state index in [9.17, 15) is 4.79 Å². The van der Waals surface area contributed by atoms with E-state index in [1.807, 2.05) is 60.0 Å². The van der Waals surface area contributed by atoms with Crippen LogP contribution < -0.4 is 4.90 Å². The summed E-state index contributed by atoms with van der Waals surface area (Å²) in [4.78, 5) is 14.5. The van der Waals surface area contributed by atoms with Crippen molar-refractivity contribution in [3.8, 4) is 22.5 Å². The predicted octanol–water partition coefficient (Wildman–Crippen LogP) is 3.41. The zero-order valence-electron chi connectivity index (χ0n) is 13.7. The smallest absolute Gasteiger partial charge is 0.227 e. The van der Waals surface area contributed by atoms with Gasteiger partial charge >= 0.3 is 0 Å². The van der Waals surface area contributed by atoms with Gasteiger partial charge in [-0.15, -0.1) is 5.10 Å². The zero-order chi connectivity index (χ0) is 16.7. The maximum absolute atomic E-state index is 12.6. The summed E-state index contributed by atoms with van der Waals surface area (Å²) in [5.74, 6) is 0.101. The molecule has 24 heavy (non-hydrogen) atoms. The van der Waals surface area contributed by atoms with Gasteiger partial charge in [-0.2, -0.15) is 0 Å². The van der Waals surface area contributed by atoms with Crippen LogP contribution in [0.2, 0.25) is 0 Å². The van der Waals surface area contributed by atoms with Crippen molar-refractivity contribution in [1.82, 2.24) is 15.0 Å². The van der Waals surface area contributed by atoms with Crippen LogP contribution >= 0.6 is 0 Å². The summed E-state index contributed by atoms with van der Waals surface area (Å²) in [7, 11) is 1.90. The summed E-state index contributed by atoms with van der Waals surface area (Å²) in [6.07, 6.45) is 0.462. The van der Waals surface area contributed by atoms with Crippen molar-refractivity contribution in [3.63, 3.8) is 0 Å². The summed E-state index contributed by atoms with van der Waals surface area (Å²) in [6, 6.07) is 16.1. The fourth-order valence-corrected chi connectivity index (χ4v) is 3.31. The fraction of sp³-hybridized carbons (Fsp3) is 0.211. The minimum absolute atomic E-state index is 0.101. The standard InChI is InChI=1S/C19H18N4O/c1-3-17(24)23-12-13-8-4-5-9-14(13)19-18(20-21-22(19)2)15-10-6-7-11-16(15)23/h4-11H,3,12H2,1-2H3. The highest BCUT2D eigenvalue weighted by molar-refractivity contribution is 5.99. The predicted molar refractivity (Wildman–Crippen MR) is 93.4 cm³/mol. The van der Waals surface area contributed by atoms with Crippen molar-refractivity contribution in [2.75, 3.05) is 4.90 Å². The van der Waals surface area contributed by atoms with Gasteiger partial charge in [0.25, 0.3) is 0 Å². The van der Waals surface area contributed by atoms with Crippen molar-refractivity contribution >= 4 is 11.6 Å². The molecule has 0 aliphatic carbocycles. The third-order valence-corrected chi connectivity index (χ3v) is 4.48. The van der Waals surface area contributed by atoms with Crippen molar-refractivity contribution < 1.29 is 4.79 Å².